The molecule has 1 aromatic rings. The number of anilines is 1. The largest absolute Gasteiger partial charge is 0.416 e. The van der Waals surface area contributed by atoms with E-state index in [2.05, 4.69) is 9.98 Å². The van der Waals surface area contributed by atoms with Gasteiger partial charge in [-0.1, -0.05) is 0 Å². The second kappa shape index (κ2) is 8.56. The van der Waals surface area contributed by atoms with E-state index in [0.29, 0.717) is 12.2 Å². The average Bonchev–Trinajstić information content (AvgIpc) is 2.44. The summed E-state index contributed by atoms with van der Waals surface area (Å²) in [6.07, 6.45) is -3.66. The quantitative estimate of drug-likeness (QED) is 0.524. The summed E-state index contributed by atoms with van der Waals surface area (Å²) >= 11 is 0. The summed E-state index contributed by atoms with van der Waals surface area (Å²) < 4.78 is 38.9. The third kappa shape index (κ3) is 6.87. The van der Waals surface area contributed by atoms with E-state index in [9.17, 15) is 13.2 Å². The monoisotopic (exact) mass is 359 g/mol. The maximum absolute atomic E-state index is 13.0. The number of hydrogen-bond donors (Lipinski definition) is 3. The van der Waals surface area contributed by atoms with Crippen molar-refractivity contribution in [3.8, 4) is 0 Å². The number of nitrogens with zero attached hydrogens (tertiary/aromatic N) is 4. The van der Waals surface area contributed by atoms with Gasteiger partial charge >= 0.3 is 6.18 Å². The van der Waals surface area contributed by atoms with Crippen molar-refractivity contribution in [1.82, 2.24) is 4.90 Å². The van der Waals surface area contributed by atoms with E-state index in [4.69, 9.17) is 17.2 Å². The van der Waals surface area contributed by atoms with Crippen LogP contribution in [0.2, 0.25) is 0 Å². The van der Waals surface area contributed by atoms with Crippen LogP contribution in [0.1, 0.15) is 12.0 Å². The highest BCUT2D eigenvalue weighted by Crippen LogP contribution is 2.36. The SMILES string of the molecule is CN(C)CCCN(C)c1ccc(C(F)(F)F)cc1N=C(N)N=C(N)N. The van der Waals surface area contributed by atoms with Crippen LogP contribution in [0.4, 0.5) is 24.5 Å². The fourth-order valence-corrected chi connectivity index (χ4v) is 2.14. The molecule has 0 unspecified atom stereocenters. The van der Waals surface area contributed by atoms with Gasteiger partial charge in [0.1, 0.15) is 0 Å². The summed E-state index contributed by atoms with van der Waals surface area (Å²) in [6, 6.07) is 3.29. The van der Waals surface area contributed by atoms with Crippen LogP contribution >= 0.6 is 0 Å². The predicted octanol–water partition coefficient (Wildman–Crippen LogP) is 1.31. The van der Waals surface area contributed by atoms with Crippen LogP contribution in [0.15, 0.2) is 28.2 Å². The Bertz CT molecular complexity index is 635. The van der Waals surface area contributed by atoms with Crippen LogP contribution in [0.3, 0.4) is 0 Å². The standard InChI is InChI=1S/C15H24F3N7/c1-24(2)7-4-8-25(3)12-6-5-10(15(16,17)18)9-11(12)22-14(21)23-13(19)20/h5-6,9H,4,7-8H2,1-3H3,(H6,19,20,21,22,23). The molecule has 0 bridgehead atoms. The molecular formula is C15H24F3N7. The molecule has 0 spiro atoms. The van der Waals surface area contributed by atoms with E-state index in [1.54, 1.807) is 7.05 Å². The van der Waals surface area contributed by atoms with Crippen molar-refractivity contribution in [2.24, 2.45) is 27.2 Å². The Morgan fingerprint density at radius 1 is 1.08 bits per heavy atom. The fourth-order valence-electron chi connectivity index (χ4n) is 2.14. The predicted molar refractivity (Wildman–Crippen MR) is 95.0 cm³/mol. The Hall–Kier alpha value is -2.49. The van der Waals surface area contributed by atoms with E-state index in [-0.39, 0.29) is 17.6 Å². The maximum atomic E-state index is 13.0. The minimum absolute atomic E-state index is 0.0460. The first kappa shape index (κ1) is 20.6. The maximum Gasteiger partial charge on any atom is 0.416 e. The average molecular weight is 359 g/mol. The number of alkyl halides is 3. The Morgan fingerprint density at radius 3 is 2.24 bits per heavy atom. The summed E-state index contributed by atoms with van der Waals surface area (Å²) in [7, 11) is 5.67. The van der Waals surface area contributed by atoms with Gasteiger partial charge in [-0.3, -0.25) is 0 Å². The number of hydrogen-bond acceptors (Lipinski definition) is 3. The summed E-state index contributed by atoms with van der Waals surface area (Å²) in [4.78, 5) is 11.3. The lowest BCUT2D eigenvalue weighted by Crippen LogP contribution is -2.26. The van der Waals surface area contributed by atoms with Crippen LogP contribution in [-0.4, -0.2) is 51.1 Å². The first-order valence-electron chi connectivity index (χ1n) is 7.51. The third-order valence-corrected chi connectivity index (χ3v) is 3.29. The van der Waals surface area contributed by atoms with Gasteiger partial charge in [0.2, 0.25) is 5.96 Å². The molecule has 0 aliphatic carbocycles. The molecule has 140 valence electrons. The van der Waals surface area contributed by atoms with Crippen molar-refractivity contribution in [3.05, 3.63) is 23.8 Å². The van der Waals surface area contributed by atoms with Gasteiger partial charge in [0, 0.05) is 13.6 Å². The minimum atomic E-state index is -4.49. The highest BCUT2D eigenvalue weighted by molar-refractivity contribution is 5.94. The van der Waals surface area contributed by atoms with Crippen molar-refractivity contribution in [3.63, 3.8) is 0 Å². The topological polar surface area (TPSA) is 109 Å². The van der Waals surface area contributed by atoms with Crippen molar-refractivity contribution in [2.75, 3.05) is 39.1 Å². The number of halogens is 3. The number of guanidine groups is 2. The van der Waals surface area contributed by atoms with Gasteiger partial charge in [0.05, 0.1) is 16.9 Å². The highest BCUT2D eigenvalue weighted by atomic mass is 19.4. The molecule has 0 heterocycles. The molecule has 0 saturated heterocycles. The molecule has 0 amide bonds. The van der Waals surface area contributed by atoms with Gasteiger partial charge in [0.25, 0.3) is 0 Å². The Morgan fingerprint density at radius 2 is 1.72 bits per heavy atom. The zero-order valence-electron chi connectivity index (χ0n) is 14.5. The molecule has 0 aliphatic heterocycles. The van der Waals surface area contributed by atoms with Crippen LogP contribution in [0.5, 0.6) is 0 Å². The molecule has 10 heteroatoms. The zero-order chi connectivity index (χ0) is 19.2. The third-order valence-electron chi connectivity index (χ3n) is 3.29. The molecule has 0 saturated carbocycles. The van der Waals surface area contributed by atoms with Gasteiger partial charge in [-0.05, 0) is 45.3 Å². The number of benzene rings is 1. The Balaban J connectivity index is 3.20. The molecule has 0 aromatic heterocycles. The first-order valence-corrected chi connectivity index (χ1v) is 7.51. The second-order valence-corrected chi connectivity index (χ2v) is 5.79. The van der Waals surface area contributed by atoms with Crippen molar-refractivity contribution in [2.45, 2.75) is 12.6 Å². The Labute approximate surface area is 145 Å². The zero-order valence-corrected chi connectivity index (χ0v) is 14.5. The Kier molecular flexibility index (Phi) is 7.04. The van der Waals surface area contributed by atoms with Gasteiger partial charge < -0.3 is 27.0 Å². The fraction of sp³-hybridized carbons (Fsp3) is 0.467. The summed E-state index contributed by atoms with van der Waals surface area (Å²) in [5.41, 5.74) is 15.7. The van der Waals surface area contributed by atoms with Crippen molar-refractivity contribution < 1.29 is 13.2 Å². The van der Waals surface area contributed by atoms with E-state index in [0.717, 1.165) is 25.1 Å². The van der Waals surface area contributed by atoms with Gasteiger partial charge in [-0.25, -0.2) is 4.99 Å². The van der Waals surface area contributed by atoms with Gasteiger partial charge in [-0.15, -0.1) is 0 Å². The molecule has 7 nitrogen and oxygen atoms in total. The molecule has 1 aromatic carbocycles. The second-order valence-electron chi connectivity index (χ2n) is 5.79. The lowest BCUT2D eigenvalue weighted by molar-refractivity contribution is -0.137. The van der Waals surface area contributed by atoms with E-state index in [1.165, 1.54) is 6.07 Å². The van der Waals surface area contributed by atoms with Crippen LogP contribution in [-0.2, 0) is 6.18 Å². The molecule has 25 heavy (non-hydrogen) atoms. The molecule has 0 aliphatic rings. The highest BCUT2D eigenvalue weighted by Gasteiger charge is 2.31. The molecule has 6 N–H and O–H groups in total. The first-order chi connectivity index (χ1) is 11.5. The van der Waals surface area contributed by atoms with E-state index in [1.807, 2.05) is 23.9 Å². The molecular weight excluding hydrogens is 335 g/mol. The summed E-state index contributed by atoms with van der Waals surface area (Å²) in [5.74, 6) is -0.642. The van der Waals surface area contributed by atoms with E-state index >= 15 is 0 Å². The van der Waals surface area contributed by atoms with Crippen LogP contribution < -0.4 is 22.1 Å². The van der Waals surface area contributed by atoms with E-state index < -0.39 is 11.7 Å². The van der Waals surface area contributed by atoms with Crippen molar-refractivity contribution >= 4 is 23.3 Å². The molecule has 0 atom stereocenters. The van der Waals surface area contributed by atoms with Crippen LogP contribution in [0, 0.1) is 0 Å². The summed E-state index contributed by atoms with van der Waals surface area (Å²) in [6.45, 7) is 1.48. The molecule has 0 fully saturated rings. The molecule has 0 radical (unpaired) electrons. The molecule has 1 rings (SSSR count). The van der Waals surface area contributed by atoms with Crippen LogP contribution in [0.25, 0.3) is 0 Å². The summed E-state index contributed by atoms with van der Waals surface area (Å²) in [5, 5.41) is 0. The minimum Gasteiger partial charge on any atom is -0.373 e. The van der Waals surface area contributed by atoms with Gasteiger partial charge in [-0.2, -0.15) is 18.2 Å². The lowest BCUT2D eigenvalue weighted by atomic mass is 10.1. The number of rotatable bonds is 6. The lowest BCUT2D eigenvalue weighted by Gasteiger charge is -2.23. The number of aliphatic imine (C=N–C) groups is 2. The number of nitrogens with two attached hydrogens (primary N) is 3. The van der Waals surface area contributed by atoms with Crippen molar-refractivity contribution in [1.29, 1.82) is 0 Å². The normalized spacial score (nSPS) is 12.4. The van der Waals surface area contributed by atoms with Gasteiger partial charge in [0.15, 0.2) is 5.96 Å². The smallest absolute Gasteiger partial charge is 0.373 e.